The molecule has 0 aliphatic rings. The molecular weight excluding hydrogens is 386 g/mol. The summed E-state index contributed by atoms with van der Waals surface area (Å²) in [5.74, 6) is -0.392. The average Bonchev–Trinajstić information content (AvgIpc) is 3.23. The van der Waals surface area contributed by atoms with Gasteiger partial charge in [0.1, 0.15) is 6.54 Å². The molecule has 29 heavy (non-hydrogen) atoms. The van der Waals surface area contributed by atoms with Gasteiger partial charge in [0.05, 0.1) is 0 Å². The van der Waals surface area contributed by atoms with E-state index in [0.717, 1.165) is 12.8 Å². The highest BCUT2D eigenvalue weighted by molar-refractivity contribution is 7.13. The van der Waals surface area contributed by atoms with Crippen molar-refractivity contribution in [3.63, 3.8) is 0 Å². The van der Waals surface area contributed by atoms with Crippen molar-refractivity contribution in [3.8, 4) is 0 Å². The highest BCUT2D eigenvalue weighted by Gasteiger charge is 2.19. The van der Waals surface area contributed by atoms with Gasteiger partial charge >= 0.3 is 0 Å². The molecule has 1 heterocycles. The Kier molecular flexibility index (Phi) is 10.4. The highest BCUT2D eigenvalue weighted by Crippen LogP contribution is 2.13. The lowest BCUT2D eigenvalue weighted by molar-refractivity contribution is -0.116. The molecule has 6 nitrogen and oxygen atoms in total. The van der Waals surface area contributed by atoms with Gasteiger partial charge in [-0.15, -0.1) is 11.3 Å². The topological polar surface area (TPSA) is 71.5 Å². The number of thiazole rings is 1. The number of unbranched alkanes of at least 4 members (excludes halogenated alkanes) is 2. The zero-order valence-electron chi connectivity index (χ0n) is 17.4. The fraction of sp³-hybridized carbons (Fsp3) is 0.500. The molecule has 1 N–H and O–H groups in total. The summed E-state index contributed by atoms with van der Waals surface area (Å²) >= 11 is 1.35. The summed E-state index contributed by atoms with van der Waals surface area (Å²) in [6.07, 6.45) is 6.90. The first-order valence-corrected chi connectivity index (χ1v) is 11.2. The van der Waals surface area contributed by atoms with Crippen LogP contribution in [-0.2, 0) is 16.0 Å². The fourth-order valence-electron chi connectivity index (χ4n) is 2.95. The van der Waals surface area contributed by atoms with E-state index in [4.69, 9.17) is 4.74 Å². The molecular formula is C22H31N3O3S. The minimum Gasteiger partial charge on any atom is -0.382 e. The number of rotatable bonds is 13. The predicted octanol–water partition coefficient (Wildman–Crippen LogP) is 4.38. The summed E-state index contributed by atoms with van der Waals surface area (Å²) in [6, 6.07) is 7.74. The van der Waals surface area contributed by atoms with Crippen LogP contribution in [0.4, 0.5) is 5.13 Å². The van der Waals surface area contributed by atoms with Crippen LogP contribution in [0.1, 0.15) is 55.5 Å². The number of aromatic nitrogens is 1. The highest BCUT2D eigenvalue weighted by atomic mass is 32.1. The van der Waals surface area contributed by atoms with Crippen molar-refractivity contribution in [2.24, 2.45) is 0 Å². The van der Waals surface area contributed by atoms with Gasteiger partial charge < -0.3 is 15.0 Å². The van der Waals surface area contributed by atoms with Crippen LogP contribution in [0.3, 0.4) is 0 Å². The predicted molar refractivity (Wildman–Crippen MR) is 117 cm³/mol. The Bertz CT molecular complexity index is 732. The molecule has 2 rings (SSSR count). The standard InChI is InChI=1S/C22H31N3O3S/c1-3-5-6-8-18-9-11-19(12-10-18)21(27)25(14-7-15-28-4-2)17-20(26)24-22-23-13-16-29-22/h9-13,16H,3-8,14-15,17H2,1-2H3,(H,23,24,26). The Morgan fingerprint density at radius 1 is 1.14 bits per heavy atom. The number of ether oxygens (including phenoxy) is 1. The maximum Gasteiger partial charge on any atom is 0.254 e. The number of aryl methyl sites for hydroxylation is 1. The number of hydrogen-bond donors (Lipinski definition) is 1. The Morgan fingerprint density at radius 3 is 2.59 bits per heavy atom. The minimum atomic E-state index is -0.249. The second-order valence-corrected chi connectivity index (χ2v) is 7.71. The van der Waals surface area contributed by atoms with E-state index in [9.17, 15) is 9.59 Å². The molecule has 0 aliphatic heterocycles. The largest absolute Gasteiger partial charge is 0.382 e. The van der Waals surface area contributed by atoms with E-state index in [2.05, 4.69) is 17.2 Å². The van der Waals surface area contributed by atoms with Crippen molar-refractivity contribution in [1.29, 1.82) is 0 Å². The quantitative estimate of drug-likeness (QED) is 0.491. The van der Waals surface area contributed by atoms with Crippen LogP contribution in [0.2, 0.25) is 0 Å². The molecule has 1 aromatic heterocycles. The zero-order chi connectivity index (χ0) is 20.9. The summed E-state index contributed by atoms with van der Waals surface area (Å²) in [6.45, 7) is 5.77. The number of carbonyl (C=O) groups excluding carboxylic acids is 2. The summed E-state index contributed by atoms with van der Waals surface area (Å²) in [4.78, 5) is 31.0. The molecule has 1 aromatic carbocycles. The van der Waals surface area contributed by atoms with Gasteiger partial charge in [0.15, 0.2) is 5.13 Å². The zero-order valence-corrected chi connectivity index (χ0v) is 18.2. The maximum atomic E-state index is 13.0. The van der Waals surface area contributed by atoms with Crippen LogP contribution >= 0.6 is 11.3 Å². The summed E-state index contributed by atoms with van der Waals surface area (Å²) in [5, 5.41) is 5.07. The second-order valence-electron chi connectivity index (χ2n) is 6.82. The monoisotopic (exact) mass is 417 g/mol. The van der Waals surface area contributed by atoms with E-state index >= 15 is 0 Å². The van der Waals surface area contributed by atoms with Gasteiger partial charge in [0, 0.05) is 36.9 Å². The molecule has 7 heteroatoms. The third-order valence-corrected chi connectivity index (χ3v) is 5.18. The molecule has 0 atom stereocenters. The van der Waals surface area contributed by atoms with Gasteiger partial charge in [-0.3, -0.25) is 9.59 Å². The van der Waals surface area contributed by atoms with Gasteiger partial charge in [-0.05, 0) is 43.9 Å². The molecule has 0 aliphatic carbocycles. The first kappa shape index (κ1) is 23.0. The van der Waals surface area contributed by atoms with E-state index in [-0.39, 0.29) is 18.4 Å². The van der Waals surface area contributed by atoms with Gasteiger partial charge in [-0.2, -0.15) is 0 Å². The van der Waals surface area contributed by atoms with Crippen LogP contribution in [0.5, 0.6) is 0 Å². The van der Waals surface area contributed by atoms with Crippen molar-refractivity contribution in [2.45, 2.75) is 46.0 Å². The number of nitrogens with one attached hydrogen (secondary N) is 1. The van der Waals surface area contributed by atoms with Crippen molar-refractivity contribution in [3.05, 3.63) is 47.0 Å². The SMILES string of the molecule is CCCCCc1ccc(C(=O)N(CCCOCC)CC(=O)Nc2nccs2)cc1. The minimum absolute atomic E-state index is 0.0111. The summed E-state index contributed by atoms with van der Waals surface area (Å²) < 4.78 is 5.38. The molecule has 0 saturated heterocycles. The second kappa shape index (κ2) is 13.1. The smallest absolute Gasteiger partial charge is 0.254 e. The Hall–Kier alpha value is -2.25. The molecule has 2 aromatic rings. The van der Waals surface area contributed by atoms with Crippen LogP contribution in [0.15, 0.2) is 35.8 Å². The van der Waals surface area contributed by atoms with Gasteiger partial charge in [0.25, 0.3) is 5.91 Å². The number of benzene rings is 1. The van der Waals surface area contributed by atoms with Crippen LogP contribution in [0, 0.1) is 0 Å². The van der Waals surface area contributed by atoms with Crippen molar-refractivity contribution in [1.82, 2.24) is 9.88 Å². The van der Waals surface area contributed by atoms with E-state index in [1.807, 2.05) is 31.2 Å². The first-order valence-electron chi connectivity index (χ1n) is 10.3. The lowest BCUT2D eigenvalue weighted by atomic mass is 10.0. The van der Waals surface area contributed by atoms with Gasteiger partial charge in [-0.25, -0.2) is 4.98 Å². The van der Waals surface area contributed by atoms with Crippen LogP contribution in [0.25, 0.3) is 0 Å². The molecule has 0 fully saturated rings. The van der Waals surface area contributed by atoms with E-state index in [0.29, 0.717) is 36.9 Å². The molecule has 0 spiro atoms. The van der Waals surface area contributed by atoms with Crippen LogP contribution in [-0.4, -0.2) is 48.0 Å². The number of anilines is 1. The Morgan fingerprint density at radius 2 is 1.93 bits per heavy atom. The lowest BCUT2D eigenvalue weighted by Gasteiger charge is -2.22. The van der Waals surface area contributed by atoms with E-state index in [1.165, 1.54) is 29.7 Å². The average molecular weight is 418 g/mol. The molecule has 0 bridgehead atoms. The number of nitrogens with zero attached hydrogens (tertiary/aromatic N) is 2. The van der Waals surface area contributed by atoms with Crippen molar-refractivity contribution < 1.29 is 14.3 Å². The third kappa shape index (κ3) is 8.33. The third-order valence-electron chi connectivity index (χ3n) is 4.49. The summed E-state index contributed by atoms with van der Waals surface area (Å²) in [7, 11) is 0. The first-order chi connectivity index (χ1) is 14.1. The van der Waals surface area contributed by atoms with Crippen molar-refractivity contribution >= 4 is 28.3 Å². The van der Waals surface area contributed by atoms with Crippen molar-refractivity contribution in [2.75, 3.05) is 31.6 Å². The van der Waals surface area contributed by atoms with E-state index in [1.54, 1.807) is 16.5 Å². The molecule has 158 valence electrons. The van der Waals surface area contributed by atoms with Crippen LogP contribution < -0.4 is 5.32 Å². The van der Waals surface area contributed by atoms with Gasteiger partial charge in [-0.1, -0.05) is 31.9 Å². The number of hydrogen-bond acceptors (Lipinski definition) is 5. The number of carbonyl (C=O) groups is 2. The molecule has 0 radical (unpaired) electrons. The molecule has 0 unspecified atom stereocenters. The van der Waals surface area contributed by atoms with Gasteiger partial charge in [0.2, 0.25) is 5.91 Å². The normalized spacial score (nSPS) is 10.7. The van der Waals surface area contributed by atoms with E-state index < -0.39 is 0 Å². The Labute approximate surface area is 177 Å². The molecule has 0 saturated carbocycles. The summed E-state index contributed by atoms with van der Waals surface area (Å²) in [5.41, 5.74) is 1.84. The fourth-order valence-corrected chi connectivity index (χ4v) is 3.49. The lowest BCUT2D eigenvalue weighted by Crippen LogP contribution is -2.39. The Balaban J connectivity index is 1.99. The number of amides is 2. The molecule has 2 amide bonds. The maximum absolute atomic E-state index is 13.0.